The van der Waals surface area contributed by atoms with Gasteiger partial charge in [0, 0.05) is 5.41 Å². The summed E-state index contributed by atoms with van der Waals surface area (Å²) >= 11 is 0. The van der Waals surface area contributed by atoms with Gasteiger partial charge in [-0.2, -0.15) is 0 Å². The lowest BCUT2D eigenvalue weighted by atomic mass is 9.96. The van der Waals surface area contributed by atoms with Crippen molar-refractivity contribution in [2.45, 2.75) is 47.1 Å². The van der Waals surface area contributed by atoms with E-state index in [9.17, 15) is 14.4 Å². The van der Waals surface area contributed by atoms with E-state index >= 15 is 0 Å². The highest BCUT2D eigenvalue weighted by atomic mass is 16.4. The van der Waals surface area contributed by atoms with Crippen molar-refractivity contribution in [3.8, 4) is 0 Å². The Hall–Kier alpha value is -1.59. The lowest BCUT2D eigenvalue weighted by Gasteiger charge is -2.21. The Bertz CT molecular complexity index is 347. The van der Waals surface area contributed by atoms with Gasteiger partial charge in [0.15, 0.2) is 0 Å². The van der Waals surface area contributed by atoms with Gasteiger partial charge in [0.1, 0.15) is 6.04 Å². The molecule has 0 aliphatic rings. The Morgan fingerprint density at radius 2 is 1.74 bits per heavy atom. The van der Waals surface area contributed by atoms with Crippen LogP contribution in [-0.4, -0.2) is 35.5 Å². The summed E-state index contributed by atoms with van der Waals surface area (Å²) in [5.41, 5.74) is -0.580. The Balaban J connectivity index is 4.37. The van der Waals surface area contributed by atoms with Gasteiger partial charge in [-0.15, -0.1) is 0 Å². The number of aliphatic carboxylic acids is 1. The number of rotatable bonds is 6. The molecule has 110 valence electrons. The zero-order chi connectivity index (χ0) is 15.2. The molecule has 2 atom stereocenters. The highest BCUT2D eigenvalue weighted by Crippen LogP contribution is 2.12. The van der Waals surface area contributed by atoms with Crippen LogP contribution in [0.5, 0.6) is 0 Å². The molecule has 0 aromatic rings. The maximum atomic E-state index is 11.6. The fourth-order valence-electron chi connectivity index (χ4n) is 1.33. The molecule has 0 heterocycles. The third-order valence-corrected chi connectivity index (χ3v) is 2.89. The van der Waals surface area contributed by atoms with Gasteiger partial charge in [0.25, 0.3) is 0 Å². The van der Waals surface area contributed by atoms with E-state index in [1.807, 2.05) is 6.92 Å². The highest BCUT2D eigenvalue weighted by molar-refractivity contribution is 5.89. The first-order chi connectivity index (χ1) is 8.59. The first-order valence-corrected chi connectivity index (χ1v) is 6.40. The van der Waals surface area contributed by atoms with Gasteiger partial charge in [-0.3, -0.25) is 9.59 Å². The standard InChI is InChI=1S/C13H24N2O4/c1-6-8(2)10(11(17)18)15-9(16)7-14-12(19)13(3,4)5/h8,10H,6-7H2,1-5H3,(H,14,19)(H,15,16)(H,17,18)/t8-,10-/m0/s1. The molecule has 0 aromatic carbocycles. The van der Waals surface area contributed by atoms with Crippen molar-refractivity contribution in [2.24, 2.45) is 11.3 Å². The molecular formula is C13H24N2O4. The van der Waals surface area contributed by atoms with Crippen LogP contribution >= 0.6 is 0 Å². The van der Waals surface area contributed by atoms with E-state index in [2.05, 4.69) is 10.6 Å². The lowest BCUT2D eigenvalue weighted by molar-refractivity contribution is -0.143. The van der Waals surface area contributed by atoms with Gasteiger partial charge < -0.3 is 15.7 Å². The van der Waals surface area contributed by atoms with Crippen LogP contribution in [0, 0.1) is 11.3 Å². The fourth-order valence-corrected chi connectivity index (χ4v) is 1.33. The van der Waals surface area contributed by atoms with E-state index < -0.39 is 23.3 Å². The van der Waals surface area contributed by atoms with E-state index in [1.165, 1.54) is 0 Å². The number of carbonyl (C=O) groups excluding carboxylic acids is 2. The number of carbonyl (C=O) groups is 3. The molecule has 0 rings (SSSR count). The molecule has 0 aliphatic heterocycles. The van der Waals surface area contributed by atoms with Crippen molar-refractivity contribution < 1.29 is 19.5 Å². The molecule has 2 amide bonds. The zero-order valence-electron chi connectivity index (χ0n) is 12.2. The summed E-state index contributed by atoms with van der Waals surface area (Å²) in [7, 11) is 0. The van der Waals surface area contributed by atoms with Crippen LogP contribution in [-0.2, 0) is 14.4 Å². The first kappa shape index (κ1) is 17.4. The number of hydrogen-bond acceptors (Lipinski definition) is 3. The number of carboxylic acid groups (broad SMARTS) is 1. The van der Waals surface area contributed by atoms with Gasteiger partial charge in [0.05, 0.1) is 6.54 Å². The van der Waals surface area contributed by atoms with Crippen molar-refractivity contribution in [1.29, 1.82) is 0 Å². The maximum Gasteiger partial charge on any atom is 0.326 e. The molecular weight excluding hydrogens is 248 g/mol. The topological polar surface area (TPSA) is 95.5 Å². The Morgan fingerprint density at radius 3 is 2.11 bits per heavy atom. The first-order valence-electron chi connectivity index (χ1n) is 6.40. The third-order valence-electron chi connectivity index (χ3n) is 2.89. The predicted molar refractivity (Wildman–Crippen MR) is 71.5 cm³/mol. The minimum atomic E-state index is -1.06. The molecule has 6 nitrogen and oxygen atoms in total. The average molecular weight is 272 g/mol. The molecule has 0 fully saturated rings. The minimum Gasteiger partial charge on any atom is -0.480 e. The van der Waals surface area contributed by atoms with Gasteiger partial charge in [-0.25, -0.2) is 4.79 Å². The predicted octanol–water partition coefficient (Wildman–Crippen LogP) is 0.764. The largest absolute Gasteiger partial charge is 0.480 e. The van der Waals surface area contributed by atoms with Crippen molar-refractivity contribution in [2.75, 3.05) is 6.54 Å². The Kier molecular flexibility index (Phi) is 6.52. The number of amides is 2. The summed E-state index contributed by atoms with van der Waals surface area (Å²) in [4.78, 5) is 34.2. The molecule has 0 radical (unpaired) electrons. The van der Waals surface area contributed by atoms with Crippen molar-refractivity contribution >= 4 is 17.8 Å². The van der Waals surface area contributed by atoms with Gasteiger partial charge in [-0.1, -0.05) is 41.0 Å². The second kappa shape index (κ2) is 7.11. The summed E-state index contributed by atoms with van der Waals surface area (Å²) in [6.07, 6.45) is 0.644. The van der Waals surface area contributed by atoms with E-state index in [1.54, 1.807) is 27.7 Å². The normalized spacial score (nSPS) is 14.4. The fraction of sp³-hybridized carbons (Fsp3) is 0.769. The molecule has 3 N–H and O–H groups in total. The quantitative estimate of drug-likeness (QED) is 0.665. The van der Waals surface area contributed by atoms with Crippen molar-refractivity contribution in [3.63, 3.8) is 0 Å². The van der Waals surface area contributed by atoms with Crippen LogP contribution in [0.1, 0.15) is 41.0 Å². The maximum absolute atomic E-state index is 11.6. The second-order valence-corrected chi connectivity index (χ2v) is 5.70. The number of carboxylic acids is 1. The summed E-state index contributed by atoms with van der Waals surface area (Å²) in [6.45, 7) is 8.61. The van der Waals surface area contributed by atoms with Crippen LogP contribution in [0.2, 0.25) is 0 Å². The Labute approximate surface area is 113 Å². The molecule has 19 heavy (non-hydrogen) atoms. The summed E-state index contributed by atoms with van der Waals surface area (Å²) in [5.74, 6) is -1.98. The number of hydrogen-bond donors (Lipinski definition) is 3. The molecule has 0 aliphatic carbocycles. The number of nitrogens with one attached hydrogen (secondary N) is 2. The molecule has 6 heteroatoms. The van der Waals surface area contributed by atoms with Crippen LogP contribution in [0.15, 0.2) is 0 Å². The van der Waals surface area contributed by atoms with E-state index in [0.29, 0.717) is 6.42 Å². The molecule has 0 saturated heterocycles. The van der Waals surface area contributed by atoms with Crippen molar-refractivity contribution in [1.82, 2.24) is 10.6 Å². The third kappa shape index (κ3) is 6.22. The minimum absolute atomic E-state index is 0.167. The van der Waals surface area contributed by atoms with Gasteiger partial charge in [-0.05, 0) is 5.92 Å². The molecule has 0 spiro atoms. The smallest absolute Gasteiger partial charge is 0.326 e. The van der Waals surface area contributed by atoms with Crippen LogP contribution in [0.25, 0.3) is 0 Å². The van der Waals surface area contributed by atoms with Gasteiger partial charge in [0.2, 0.25) is 11.8 Å². The SMILES string of the molecule is CC[C@H](C)[C@H](NC(=O)CNC(=O)C(C)(C)C)C(=O)O. The summed E-state index contributed by atoms with van der Waals surface area (Å²) in [5, 5.41) is 13.9. The Morgan fingerprint density at radius 1 is 1.21 bits per heavy atom. The molecule has 0 aromatic heterocycles. The van der Waals surface area contributed by atoms with Crippen LogP contribution in [0.3, 0.4) is 0 Å². The van der Waals surface area contributed by atoms with E-state index in [4.69, 9.17) is 5.11 Å². The van der Waals surface area contributed by atoms with Crippen LogP contribution < -0.4 is 10.6 Å². The second-order valence-electron chi connectivity index (χ2n) is 5.70. The highest BCUT2D eigenvalue weighted by Gasteiger charge is 2.26. The molecule has 0 bridgehead atoms. The van der Waals surface area contributed by atoms with E-state index in [0.717, 1.165) is 0 Å². The summed E-state index contributed by atoms with van der Waals surface area (Å²) < 4.78 is 0. The van der Waals surface area contributed by atoms with Crippen molar-refractivity contribution in [3.05, 3.63) is 0 Å². The zero-order valence-corrected chi connectivity index (χ0v) is 12.2. The molecule has 0 unspecified atom stereocenters. The molecule has 0 saturated carbocycles. The van der Waals surface area contributed by atoms with E-state index in [-0.39, 0.29) is 18.4 Å². The van der Waals surface area contributed by atoms with Crippen LogP contribution in [0.4, 0.5) is 0 Å². The summed E-state index contributed by atoms with van der Waals surface area (Å²) in [6, 6.07) is -0.927. The lowest BCUT2D eigenvalue weighted by Crippen LogP contribution is -2.49. The van der Waals surface area contributed by atoms with Gasteiger partial charge >= 0.3 is 5.97 Å². The average Bonchev–Trinajstić information content (AvgIpc) is 2.30. The monoisotopic (exact) mass is 272 g/mol.